The van der Waals surface area contributed by atoms with Gasteiger partial charge in [0.15, 0.2) is 0 Å². The van der Waals surface area contributed by atoms with Crippen LogP contribution >= 0.6 is 15.9 Å². The van der Waals surface area contributed by atoms with E-state index in [-0.39, 0.29) is 0 Å². The summed E-state index contributed by atoms with van der Waals surface area (Å²) in [7, 11) is 0. The fraction of sp³-hybridized carbons (Fsp3) is 0. The lowest BCUT2D eigenvalue weighted by Gasteiger charge is -1.98. The lowest BCUT2D eigenvalue weighted by molar-refractivity contribution is 1.37. The first-order valence-electron chi connectivity index (χ1n) is 7.10. The number of fused-ring (bicyclic) bond motifs is 2. The number of aromatic amines is 1. The molecule has 3 heteroatoms. The van der Waals surface area contributed by atoms with Crippen LogP contribution in [-0.2, 0) is 0 Å². The van der Waals surface area contributed by atoms with Crippen LogP contribution in [0.5, 0.6) is 0 Å². The van der Waals surface area contributed by atoms with Crippen LogP contribution in [0.25, 0.3) is 34.0 Å². The van der Waals surface area contributed by atoms with E-state index in [4.69, 9.17) is 0 Å². The van der Waals surface area contributed by atoms with E-state index in [9.17, 15) is 0 Å². The van der Waals surface area contributed by atoms with E-state index < -0.39 is 0 Å². The second kappa shape index (κ2) is 5.43. The monoisotopic (exact) mass is 348 g/mol. The van der Waals surface area contributed by atoms with Gasteiger partial charge in [-0.3, -0.25) is 0 Å². The Hall–Kier alpha value is -2.39. The van der Waals surface area contributed by atoms with E-state index in [0.29, 0.717) is 0 Å². The van der Waals surface area contributed by atoms with Crippen molar-refractivity contribution < 1.29 is 0 Å². The summed E-state index contributed by atoms with van der Waals surface area (Å²) in [4.78, 5) is 8.05. The Balaban J connectivity index is 1.68. The van der Waals surface area contributed by atoms with Gasteiger partial charge in [-0.2, -0.15) is 0 Å². The molecule has 0 aliphatic carbocycles. The summed E-state index contributed by atoms with van der Waals surface area (Å²) in [5, 5.41) is 2.37. The number of pyridine rings is 1. The normalized spacial score (nSPS) is 11.7. The van der Waals surface area contributed by atoms with Gasteiger partial charge >= 0.3 is 0 Å². The highest BCUT2D eigenvalue weighted by Gasteiger charge is 1.99. The molecule has 22 heavy (non-hydrogen) atoms. The molecule has 2 aromatic heterocycles. The molecule has 0 fully saturated rings. The molecule has 106 valence electrons. The number of hydrogen-bond acceptors (Lipinski definition) is 1. The molecule has 0 aliphatic heterocycles. The standard InChI is InChI=1S/C19H13BrN2/c20-15-7-5-14-11-17(22-19(14)12-15)10-9-16-8-6-13-3-1-2-4-18(13)21-16/h1-12,22H/b10-9+. The summed E-state index contributed by atoms with van der Waals surface area (Å²) in [6.07, 6.45) is 4.09. The number of aromatic nitrogens is 2. The molecule has 4 rings (SSSR count). The number of nitrogens with one attached hydrogen (secondary N) is 1. The predicted molar refractivity (Wildman–Crippen MR) is 96.7 cm³/mol. The smallest absolute Gasteiger partial charge is 0.0709 e. The number of hydrogen-bond donors (Lipinski definition) is 1. The Labute approximate surface area is 136 Å². The average molecular weight is 349 g/mol. The third-order valence-electron chi connectivity index (χ3n) is 3.66. The number of nitrogens with zero attached hydrogens (tertiary/aromatic N) is 1. The molecule has 0 atom stereocenters. The fourth-order valence-electron chi connectivity index (χ4n) is 2.56. The van der Waals surface area contributed by atoms with E-state index in [1.165, 1.54) is 5.39 Å². The highest BCUT2D eigenvalue weighted by atomic mass is 79.9. The molecule has 0 amide bonds. The van der Waals surface area contributed by atoms with Gasteiger partial charge in [0.2, 0.25) is 0 Å². The summed E-state index contributed by atoms with van der Waals surface area (Å²) in [6.45, 7) is 0. The SMILES string of the molecule is Brc1ccc2cc(/C=C/c3ccc4ccccc4n3)[nH]c2c1. The van der Waals surface area contributed by atoms with E-state index >= 15 is 0 Å². The van der Waals surface area contributed by atoms with Gasteiger partial charge in [0.05, 0.1) is 11.2 Å². The largest absolute Gasteiger partial charge is 0.355 e. The molecular weight excluding hydrogens is 336 g/mol. The Morgan fingerprint density at radius 3 is 2.68 bits per heavy atom. The number of benzene rings is 2. The van der Waals surface area contributed by atoms with Gasteiger partial charge in [-0.25, -0.2) is 4.98 Å². The van der Waals surface area contributed by atoms with Crippen LogP contribution in [0.15, 0.2) is 65.1 Å². The molecule has 2 aromatic carbocycles. The van der Waals surface area contributed by atoms with Crippen LogP contribution in [-0.4, -0.2) is 9.97 Å². The molecule has 2 nitrogen and oxygen atoms in total. The van der Waals surface area contributed by atoms with Gasteiger partial charge in [0, 0.05) is 26.5 Å². The van der Waals surface area contributed by atoms with Crippen molar-refractivity contribution in [1.29, 1.82) is 0 Å². The second-order valence-electron chi connectivity index (χ2n) is 5.22. The lowest BCUT2D eigenvalue weighted by atomic mass is 10.2. The van der Waals surface area contributed by atoms with Crippen LogP contribution in [0.4, 0.5) is 0 Å². The number of H-pyrrole nitrogens is 1. The molecule has 0 bridgehead atoms. The zero-order chi connectivity index (χ0) is 14.9. The zero-order valence-electron chi connectivity index (χ0n) is 11.8. The number of para-hydroxylation sites is 1. The van der Waals surface area contributed by atoms with Gasteiger partial charge in [-0.05, 0) is 42.5 Å². The average Bonchev–Trinajstić information content (AvgIpc) is 2.94. The first-order valence-corrected chi connectivity index (χ1v) is 7.89. The Kier molecular flexibility index (Phi) is 3.28. The van der Waals surface area contributed by atoms with Gasteiger partial charge in [-0.15, -0.1) is 0 Å². The van der Waals surface area contributed by atoms with Crippen LogP contribution in [0.1, 0.15) is 11.4 Å². The highest BCUT2D eigenvalue weighted by Crippen LogP contribution is 2.21. The van der Waals surface area contributed by atoms with Gasteiger partial charge in [0.1, 0.15) is 0 Å². The van der Waals surface area contributed by atoms with Crippen molar-refractivity contribution in [2.24, 2.45) is 0 Å². The third kappa shape index (κ3) is 2.55. The van der Waals surface area contributed by atoms with Gasteiger partial charge in [-0.1, -0.05) is 46.3 Å². The maximum Gasteiger partial charge on any atom is 0.0709 e. The minimum absolute atomic E-state index is 0.957. The maximum absolute atomic E-state index is 4.65. The van der Waals surface area contributed by atoms with Crippen molar-refractivity contribution in [3.63, 3.8) is 0 Å². The molecule has 0 spiro atoms. The molecule has 0 unspecified atom stereocenters. The van der Waals surface area contributed by atoms with E-state index in [0.717, 1.165) is 32.3 Å². The molecule has 2 heterocycles. The first-order chi connectivity index (χ1) is 10.8. The predicted octanol–water partition coefficient (Wildman–Crippen LogP) is 5.65. The van der Waals surface area contributed by atoms with Crippen molar-refractivity contribution in [3.05, 3.63) is 76.5 Å². The van der Waals surface area contributed by atoms with E-state index in [1.807, 2.05) is 30.3 Å². The molecule has 4 aromatic rings. The van der Waals surface area contributed by atoms with Crippen LogP contribution in [0.2, 0.25) is 0 Å². The van der Waals surface area contributed by atoms with Crippen LogP contribution in [0.3, 0.4) is 0 Å². The summed E-state index contributed by atoms with van der Waals surface area (Å²) in [6, 6.07) is 20.7. The summed E-state index contributed by atoms with van der Waals surface area (Å²) >= 11 is 3.49. The summed E-state index contributed by atoms with van der Waals surface area (Å²) in [5.41, 5.74) is 4.17. The minimum atomic E-state index is 0.957. The van der Waals surface area contributed by atoms with Crippen molar-refractivity contribution in [1.82, 2.24) is 9.97 Å². The van der Waals surface area contributed by atoms with Crippen molar-refractivity contribution in [2.45, 2.75) is 0 Å². The van der Waals surface area contributed by atoms with Crippen molar-refractivity contribution in [2.75, 3.05) is 0 Å². The van der Waals surface area contributed by atoms with Crippen LogP contribution < -0.4 is 0 Å². The Bertz CT molecular complexity index is 999. The topological polar surface area (TPSA) is 28.7 Å². The van der Waals surface area contributed by atoms with Crippen LogP contribution in [0, 0.1) is 0 Å². The number of rotatable bonds is 2. The molecule has 0 saturated carbocycles. The van der Waals surface area contributed by atoms with Gasteiger partial charge < -0.3 is 4.98 Å². The summed E-state index contributed by atoms with van der Waals surface area (Å²) in [5.74, 6) is 0. The maximum atomic E-state index is 4.65. The third-order valence-corrected chi connectivity index (χ3v) is 4.15. The molecule has 0 aliphatic rings. The lowest BCUT2D eigenvalue weighted by Crippen LogP contribution is -1.82. The Morgan fingerprint density at radius 2 is 1.73 bits per heavy atom. The summed E-state index contributed by atoms with van der Waals surface area (Å²) < 4.78 is 1.08. The first kappa shape index (κ1) is 13.3. The van der Waals surface area contributed by atoms with Gasteiger partial charge in [0.25, 0.3) is 0 Å². The Morgan fingerprint density at radius 1 is 0.864 bits per heavy atom. The quantitative estimate of drug-likeness (QED) is 0.498. The molecule has 0 saturated heterocycles. The fourth-order valence-corrected chi connectivity index (χ4v) is 2.92. The van der Waals surface area contributed by atoms with Crippen molar-refractivity contribution >= 4 is 49.9 Å². The second-order valence-corrected chi connectivity index (χ2v) is 6.13. The molecule has 1 N–H and O–H groups in total. The highest BCUT2D eigenvalue weighted by molar-refractivity contribution is 9.10. The van der Waals surface area contributed by atoms with E-state index in [1.54, 1.807) is 0 Å². The number of halogens is 1. The molecular formula is C19H13BrN2. The zero-order valence-corrected chi connectivity index (χ0v) is 13.3. The molecule has 0 radical (unpaired) electrons. The minimum Gasteiger partial charge on any atom is -0.355 e. The van der Waals surface area contributed by atoms with Crippen molar-refractivity contribution in [3.8, 4) is 0 Å². The van der Waals surface area contributed by atoms with E-state index in [2.05, 4.69) is 68.4 Å².